The van der Waals surface area contributed by atoms with Gasteiger partial charge in [0.15, 0.2) is 17.5 Å². The van der Waals surface area contributed by atoms with E-state index >= 15 is 0 Å². The lowest BCUT2D eigenvalue weighted by molar-refractivity contribution is 0.354. The molecule has 1 aliphatic rings. The van der Waals surface area contributed by atoms with Gasteiger partial charge in [-0.2, -0.15) is 0 Å². The summed E-state index contributed by atoms with van der Waals surface area (Å²) in [5.41, 5.74) is 1.25. The van der Waals surface area contributed by atoms with Crippen molar-refractivity contribution in [2.45, 2.75) is 24.8 Å². The largest absolute Gasteiger partial charge is 0.493 e. The van der Waals surface area contributed by atoms with E-state index in [-0.39, 0.29) is 41.5 Å². The molecule has 0 heterocycles. The second kappa shape index (κ2) is 10.6. The molecule has 1 fully saturated rings. The van der Waals surface area contributed by atoms with Gasteiger partial charge in [-0.1, -0.05) is 12.1 Å². The highest BCUT2D eigenvalue weighted by molar-refractivity contribution is 14.0. The van der Waals surface area contributed by atoms with Gasteiger partial charge in [0.25, 0.3) is 0 Å². The van der Waals surface area contributed by atoms with Crippen LogP contribution in [0, 0.1) is 11.6 Å². The summed E-state index contributed by atoms with van der Waals surface area (Å²) in [5.74, 6) is 0.832. The molecule has 0 aliphatic heterocycles. The Kier molecular flexibility index (Phi) is 8.48. The summed E-state index contributed by atoms with van der Waals surface area (Å²) >= 11 is 0. The molecule has 0 bridgehead atoms. The molecule has 1 aliphatic carbocycles. The zero-order valence-electron chi connectivity index (χ0n) is 16.7. The highest BCUT2D eigenvalue weighted by Gasteiger charge is 2.42. The average Bonchev–Trinajstić information content (AvgIpc) is 3.45. The fourth-order valence-electron chi connectivity index (χ4n) is 3.27. The third kappa shape index (κ3) is 5.71. The standard InChI is InChI=1S/C21H25F2N3O2.HI/c1-24-21(25-10-9-13-7-8-18(27-2)19(11-13)28-3)26-17-12-14(17)20-15(22)5-4-6-16(20)23;/h4-8,11,14,17H,9-10,12H2,1-3H3,(H2,24,25,26);1H. The molecule has 3 rings (SSSR count). The van der Waals surface area contributed by atoms with Crippen molar-refractivity contribution in [2.75, 3.05) is 27.8 Å². The summed E-state index contributed by atoms with van der Waals surface area (Å²) in [6.45, 7) is 0.653. The Balaban J connectivity index is 0.00000300. The number of rotatable bonds is 7. The summed E-state index contributed by atoms with van der Waals surface area (Å²) < 4.78 is 38.4. The normalized spacial score (nSPS) is 17.9. The summed E-state index contributed by atoms with van der Waals surface area (Å²) in [6.07, 6.45) is 1.44. The van der Waals surface area contributed by atoms with Gasteiger partial charge >= 0.3 is 0 Å². The van der Waals surface area contributed by atoms with E-state index in [1.165, 1.54) is 18.2 Å². The molecule has 2 aromatic carbocycles. The molecule has 0 radical (unpaired) electrons. The minimum absolute atomic E-state index is 0. The Labute approximate surface area is 186 Å². The topological polar surface area (TPSA) is 54.9 Å². The Morgan fingerprint density at radius 2 is 1.79 bits per heavy atom. The molecule has 0 saturated heterocycles. The molecule has 2 atom stereocenters. The number of ether oxygens (including phenoxy) is 2. The van der Waals surface area contributed by atoms with E-state index in [2.05, 4.69) is 15.6 Å². The van der Waals surface area contributed by atoms with Crippen molar-refractivity contribution in [2.24, 2.45) is 4.99 Å². The lowest BCUT2D eigenvalue weighted by atomic mass is 10.1. The van der Waals surface area contributed by atoms with E-state index in [0.29, 0.717) is 30.4 Å². The Morgan fingerprint density at radius 3 is 2.41 bits per heavy atom. The first kappa shape index (κ1) is 23.2. The van der Waals surface area contributed by atoms with Crippen LogP contribution in [-0.2, 0) is 6.42 Å². The van der Waals surface area contributed by atoms with Crippen molar-refractivity contribution >= 4 is 29.9 Å². The zero-order valence-corrected chi connectivity index (χ0v) is 19.0. The number of nitrogens with zero attached hydrogens (tertiary/aromatic N) is 1. The number of benzene rings is 2. The number of hydrogen-bond donors (Lipinski definition) is 2. The first-order chi connectivity index (χ1) is 13.6. The maximum atomic E-state index is 13.9. The summed E-state index contributed by atoms with van der Waals surface area (Å²) in [7, 11) is 4.88. The van der Waals surface area contributed by atoms with E-state index in [1.807, 2.05) is 18.2 Å². The van der Waals surface area contributed by atoms with Crippen LogP contribution < -0.4 is 20.1 Å². The number of aliphatic imine (C=N–C) groups is 1. The summed E-state index contributed by atoms with van der Waals surface area (Å²) in [4.78, 5) is 4.20. The Morgan fingerprint density at radius 1 is 1.10 bits per heavy atom. The molecular formula is C21H26F2IN3O2. The highest BCUT2D eigenvalue weighted by atomic mass is 127. The fraction of sp³-hybridized carbons (Fsp3) is 0.381. The third-order valence-electron chi connectivity index (χ3n) is 4.86. The van der Waals surface area contributed by atoms with E-state index < -0.39 is 11.6 Å². The second-order valence-electron chi connectivity index (χ2n) is 6.67. The van der Waals surface area contributed by atoms with Crippen LogP contribution in [0.25, 0.3) is 0 Å². The third-order valence-corrected chi connectivity index (χ3v) is 4.86. The second-order valence-corrected chi connectivity index (χ2v) is 6.67. The predicted molar refractivity (Wildman–Crippen MR) is 121 cm³/mol. The number of methoxy groups -OCH3 is 2. The van der Waals surface area contributed by atoms with Crippen LogP contribution in [0.5, 0.6) is 11.5 Å². The highest BCUT2D eigenvalue weighted by Crippen LogP contribution is 2.43. The van der Waals surface area contributed by atoms with Crippen LogP contribution in [-0.4, -0.2) is 39.8 Å². The molecular weight excluding hydrogens is 491 g/mol. The predicted octanol–water partition coefficient (Wildman–Crippen LogP) is 3.86. The molecule has 8 heteroatoms. The van der Waals surface area contributed by atoms with E-state index in [1.54, 1.807) is 21.3 Å². The molecule has 0 spiro atoms. The Hall–Kier alpha value is -2.10. The minimum Gasteiger partial charge on any atom is -0.493 e. The zero-order chi connectivity index (χ0) is 20.1. The maximum Gasteiger partial charge on any atom is 0.191 e. The van der Waals surface area contributed by atoms with Crippen LogP contribution in [0.15, 0.2) is 41.4 Å². The minimum atomic E-state index is -0.495. The van der Waals surface area contributed by atoms with Crippen molar-refractivity contribution in [3.05, 3.63) is 59.2 Å². The Bertz CT molecular complexity index is 844. The van der Waals surface area contributed by atoms with Crippen molar-refractivity contribution < 1.29 is 18.3 Å². The van der Waals surface area contributed by atoms with Gasteiger partial charge in [0.2, 0.25) is 0 Å². The first-order valence-electron chi connectivity index (χ1n) is 9.19. The number of hydrogen-bond acceptors (Lipinski definition) is 3. The maximum absolute atomic E-state index is 13.9. The van der Waals surface area contributed by atoms with Gasteiger partial charge in [0.05, 0.1) is 14.2 Å². The van der Waals surface area contributed by atoms with Gasteiger partial charge in [-0.05, 0) is 42.7 Å². The SMILES string of the molecule is CN=C(NCCc1ccc(OC)c(OC)c1)NC1CC1c1c(F)cccc1F.I. The van der Waals surface area contributed by atoms with E-state index in [9.17, 15) is 8.78 Å². The number of nitrogens with one attached hydrogen (secondary N) is 2. The van der Waals surface area contributed by atoms with Gasteiger partial charge in [0, 0.05) is 31.1 Å². The van der Waals surface area contributed by atoms with E-state index in [0.717, 1.165) is 12.0 Å². The molecule has 2 unspecified atom stereocenters. The lowest BCUT2D eigenvalue weighted by Gasteiger charge is -2.13. The molecule has 2 N–H and O–H groups in total. The summed E-state index contributed by atoms with van der Waals surface area (Å²) in [5, 5.41) is 6.47. The molecule has 0 amide bonds. The van der Waals surface area contributed by atoms with Crippen LogP contribution in [0.1, 0.15) is 23.5 Å². The molecule has 5 nitrogen and oxygen atoms in total. The number of guanidine groups is 1. The van der Waals surface area contributed by atoms with Crippen LogP contribution >= 0.6 is 24.0 Å². The first-order valence-corrected chi connectivity index (χ1v) is 9.19. The molecule has 29 heavy (non-hydrogen) atoms. The van der Waals surface area contributed by atoms with Crippen molar-refractivity contribution in [3.63, 3.8) is 0 Å². The average molecular weight is 517 g/mol. The van der Waals surface area contributed by atoms with E-state index in [4.69, 9.17) is 9.47 Å². The van der Waals surface area contributed by atoms with Gasteiger partial charge in [-0.15, -0.1) is 24.0 Å². The van der Waals surface area contributed by atoms with Crippen LogP contribution in [0.3, 0.4) is 0 Å². The van der Waals surface area contributed by atoms with Crippen molar-refractivity contribution in [3.8, 4) is 11.5 Å². The lowest BCUT2D eigenvalue weighted by Crippen LogP contribution is -2.40. The monoisotopic (exact) mass is 517 g/mol. The number of halogens is 3. The molecule has 158 valence electrons. The van der Waals surface area contributed by atoms with Gasteiger partial charge < -0.3 is 20.1 Å². The summed E-state index contributed by atoms with van der Waals surface area (Å²) in [6, 6.07) is 9.74. The van der Waals surface area contributed by atoms with Gasteiger partial charge in [0.1, 0.15) is 11.6 Å². The molecule has 2 aromatic rings. The quantitative estimate of drug-likeness (QED) is 0.333. The molecule has 1 saturated carbocycles. The van der Waals surface area contributed by atoms with Crippen molar-refractivity contribution in [1.82, 2.24) is 10.6 Å². The van der Waals surface area contributed by atoms with Crippen molar-refractivity contribution in [1.29, 1.82) is 0 Å². The van der Waals surface area contributed by atoms with Crippen LogP contribution in [0.2, 0.25) is 0 Å². The fourth-order valence-corrected chi connectivity index (χ4v) is 3.27. The van der Waals surface area contributed by atoms with Gasteiger partial charge in [-0.25, -0.2) is 8.78 Å². The smallest absolute Gasteiger partial charge is 0.191 e. The van der Waals surface area contributed by atoms with Gasteiger partial charge in [-0.3, -0.25) is 4.99 Å². The van der Waals surface area contributed by atoms with Crippen LogP contribution in [0.4, 0.5) is 8.78 Å². The molecule has 0 aromatic heterocycles.